The van der Waals surface area contributed by atoms with Crippen molar-refractivity contribution < 1.29 is 12.3 Å². The van der Waals surface area contributed by atoms with Crippen LogP contribution in [0.5, 0.6) is 0 Å². The second-order valence-corrected chi connectivity index (χ2v) is 2.78. The van der Waals surface area contributed by atoms with Crippen molar-refractivity contribution in [1.82, 2.24) is 0 Å². The zero-order valence-corrected chi connectivity index (χ0v) is 8.12. The van der Waals surface area contributed by atoms with Crippen LogP contribution in [0.15, 0.2) is 42.4 Å². The van der Waals surface area contributed by atoms with Gasteiger partial charge in [-0.05, 0) is 18.4 Å². The van der Waals surface area contributed by atoms with E-state index in [-0.39, 0.29) is 12.1 Å². The van der Waals surface area contributed by atoms with Crippen molar-refractivity contribution in [3.8, 4) is 0 Å². The van der Waals surface area contributed by atoms with Crippen LogP contribution in [-0.2, 0) is 16.0 Å². The molecule has 1 aromatic carbocycles. The Bertz CT molecular complexity index is 385. The van der Waals surface area contributed by atoms with Crippen molar-refractivity contribution >= 4 is 5.97 Å². The molecule has 2 heteroatoms. The summed E-state index contributed by atoms with van der Waals surface area (Å²) >= 11 is 0. The summed E-state index contributed by atoms with van der Waals surface area (Å²) in [4.78, 5) is 11.0. The SMILES string of the molecule is [2H]/C(CCc1ccccc1)=C(/[2H])C(=O)OC. The lowest BCUT2D eigenvalue weighted by molar-refractivity contribution is -0.134. The first-order valence-corrected chi connectivity index (χ1v) is 4.43. The molecule has 0 radical (unpaired) electrons. The molecule has 74 valence electrons. The van der Waals surface area contributed by atoms with E-state index in [4.69, 9.17) is 2.74 Å². The van der Waals surface area contributed by atoms with Crippen molar-refractivity contribution in [2.24, 2.45) is 0 Å². The molecule has 0 N–H and O–H groups in total. The van der Waals surface area contributed by atoms with Crippen LogP contribution in [0.3, 0.4) is 0 Å². The minimum absolute atomic E-state index is 0.00991. The third-order valence-corrected chi connectivity index (χ3v) is 1.76. The normalized spacial score (nSPS) is 13.8. The maximum Gasteiger partial charge on any atom is 0.330 e. The monoisotopic (exact) mass is 192 g/mol. The van der Waals surface area contributed by atoms with Crippen LogP contribution in [0.2, 0.25) is 0 Å². The Hall–Kier alpha value is -1.57. The molecule has 1 aromatic rings. The Morgan fingerprint density at radius 1 is 1.50 bits per heavy atom. The van der Waals surface area contributed by atoms with Crippen molar-refractivity contribution in [2.75, 3.05) is 7.11 Å². The number of methoxy groups -OCH3 is 1. The topological polar surface area (TPSA) is 26.3 Å². The highest BCUT2D eigenvalue weighted by atomic mass is 16.5. The number of esters is 1. The molecule has 0 saturated carbocycles. The average molecular weight is 192 g/mol. The predicted octanol–water partition coefficient (Wildman–Crippen LogP) is 2.35. The highest BCUT2D eigenvalue weighted by molar-refractivity contribution is 5.81. The summed E-state index contributed by atoms with van der Waals surface area (Å²) in [7, 11) is 1.21. The summed E-state index contributed by atoms with van der Waals surface area (Å²) in [5.74, 6) is -0.752. The summed E-state index contributed by atoms with van der Waals surface area (Å²) in [6, 6.07) is 9.32. The molecular weight excluding hydrogens is 176 g/mol. The van der Waals surface area contributed by atoms with Crippen molar-refractivity contribution in [1.29, 1.82) is 0 Å². The Kier molecular flexibility index (Phi) is 3.33. The standard InChI is InChI=1S/C12H14O2/c1-14-12(13)10-6-5-9-11-7-3-2-4-8-11/h2-4,6-8,10H,5,9H2,1H3/b10-6+/i6D,10D. The van der Waals surface area contributed by atoms with Crippen LogP contribution in [0, 0.1) is 0 Å². The average Bonchev–Trinajstić information content (AvgIpc) is 2.35. The van der Waals surface area contributed by atoms with Crippen LogP contribution in [-0.4, -0.2) is 13.1 Å². The Labute approximate surface area is 87.0 Å². The summed E-state index contributed by atoms with van der Waals surface area (Å²) in [5, 5.41) is 0. The number of hydrogen-bond acceptors (Lipinski definition) is 2. The highest BCUT2D eigenvalue weighted by Gasteiger charge is 1.91. The van der Waals surface area contributed by atoms with Gasteiger partial charge in [0.05, 0.1) is 9.85 Å². The van der Waals surface area contributed by atoms with Crippen molar-refractivity contribution in [3.63, 3.8) is 0 Å². The molecule has 14 heavy (non-hydrogen) atoms. The second-order valence-electron chi connectivity index (χ2n) is 2.78. The van der Waals surface area contributed by atoms with E-state index >= 15 is 0 Å². The molecule has 0 fully saturated rings. The number of aryl methyl sites for hydroxylation is 1. The summed E-state index contributed by atoms with van der Waals surface area (Å²) < 4.78 is 19.3. The number of benzene rings is 1. The molecule has 1 rings (SSSR count). The van der Waals surface area contributed by atoms with E-state index in [0.29, 0.717) is 12.8 Å². The summed E-state index contributed by atoms with van der Waals surface area (Å²) in [6.07, 6.45) is 1.02. The van der Waals surface area contributed by atoms with E-state index in [1.165, 1.54) is 7.11 Å². The fraction of sp³-hybridized carbons (Fsp3) is 0.250. The van der Waals surface area contributed by atoms with E-state index in [2.05, 4.69) is 4.74 Å². The first-order valence-electron chi connectivity index (χ1n) is 5.43. The van der Waals surface area contributed by atoms with Crippen molar-refractivity contribution in [3.05, 3.63) is 48.0 Å². The van der Waals surface area contributed by atoms with Gasteiger partial charge in [-0.2, -0.15) is 0 Å². The van der Waals surface area contributed by atoms with Gasteiger partial charge in [0.2, 0.25) is 0 Å². The Balaban J connectivity index is 2.59. The van der Waals surface area contributed by atoms with Gasteiger partial charge in [-0.15, -0.1) is 0 Å². The van der Waals surface area contributed by atoms with Crippen LogP contribution in [0.1, 0.15) is 14.7 Å². The molecule has 0 spiro atoms. The van der Waals surface area contributed by atoms with Crippen LogP contribution >= 0.6 is 0 Å². The molecule has 0 aliphatic carbocycles. The quantitative estimate of drug-likeness (QED) is 0.540. The molecule has 0 saturated heterocycles. The van der Waals surface area contributed by atoms with Gasteiger partial charge >= 0.3 is 5.97 Å². The smallest absolute Gasteiger partial charge is 0.330 e. The fourth-order valence-corrected chi connectivity index (χ4v) is 1.04. The van der Waals surface area contributed by atoms with Crippen LogP contribution in [0.4, 0.5) is 0 Å². The lowest BCUT2D eigenvalue weighted by Gasteiger charge is -1.96. The van der Waals surface area contributed by atoms with E-state index in [0.717, 1.165) is 5.56 Å². The maximum absolute atomic E-state index is 11.0. The first-order chi connectivity index (χ1) is 7.65. The van der Waals surface area contributed by atoms with Gasteiger partial charge in [0.1, 0.15) is 0 Å². The molecule has 0 unspecified atom stereocenters. The number of carbonyl (C=O) groups excluding carboxylic acids is 1. The second kappa shape index (κ2) is 5.97. The zero-order chi connectivity index (χ0) is 12.0. The molecule has 0 aromatic heterocycles. The summed E-state index contributed by atoms with van der Waals surface area (Å²) in [6.45, 7) is 0. The van der Waals surface area contributed by atoms with Crippen LogP contribution in [0.25, 0.3) is 0 Å². The maximum atomic E-state index is 11.0. The van der Waals surface area contributed by atoms with Gasteiger partial charge in [-0.1, -0.05) is 36.4 Å². The largest absolute Gasteiger partial charge is 0.466 e. The van der Waals surface area contributed by atoms with Gasteiger partial charge in [-0.3, -0.25) is 0 Å². The van der Waals surface area contributed by atoms with Gasteiger partial charge in [0.15, 0.2) is 0 Å². The van der Waals surface area contributed by atoms with E-state index in [1.54, 1.807) is 0 Å². The lowest BCUT2D eigenvalue weighted by Crippen LogP contribution is -1.93. The third-order valence-electron chi connectivity index (χ3n) is 1.76. The molecular formula is C12H14O2. The summed E-state index contributed by atoms with van der Waals surface area (Å²) in [5.41, 5.74) is 1.09. The molecule has 0 atom stereocenters. The van der Waals surface area contributed by atoms with Crippen molar-refractivity contribution in [2.45, 2.75) is 12.8 Å². The van der Waals surface area contributed by atoms with Gasteiger partial charge in [0.25, 0.3) is 0 Å². The van der Waals surface area contributed by atoms with Gasteiger partial charge < -0.3 is 4.74 Å². The zero-order valence-electron chi connectivity index (χ0n) is 10.1. The van der Waals surface area contributed by atoms with E-state index in [1.807, 2.05) is 30.3 Å². The van der Waals surface area contributed by atoms with Gasteiger partial charge in [0, 0.05) is 6.05 Å². The predicted molar refractivity (Wildman–Crippen MR) is 55.9 cm³/mol. The van der Waals surface area contributed by atoms with E-state index in [9.17, 15) is 4.79 Å². The molecule has 0 aliphatic rings. The molecule has 2 nitrogen and oxygen atoms in total. The minimum atomic E-state index is -0.752. The minimum Gasteiger partial charge on any atom is -0.466 e. The van der Waals surface area contributed by atoms with Gasteiger partial charge in [-0.25, -0.2) is 4.79 Å². The molecule has 0 heterocycles. The number of ether oxygens (including phenoxy) is 1. The number of carbonyl (C=O) groups is 1. The van der Waals surface area contributed by atoms with Crippen LogP contribution < -0.4 is 0 Å². The number of hydrogen-bond donors (Lipinski definition) is 0. The Morgan fingerprint density at radius 2 is 2.21 bits per heavy atom. The highest BCUT2D eigenvalue weighted by Crippen LogP contribution is 2.02. The Morgan fingerprint density at radius 3 is 2.86 bits per heavy atom. The lowest BCUT2D eigenvalue weighted by atomic mass is 10.1. The van der Waals surface area contributed by atoms with E-state index < -0.39 is 5.97 Å². The molecule has 0 aliphatic heterocycles. The molecule has 0 bridgehead atoms. The number of allylic oxidation sites excluding steroid dienone is 1. The first kappa shape index (κ1) is 7.80. The number of rotatable bonds is 4. The third kappa shape index (κ3) is 3.90. The molecule has 0 amide bonds. The fourth-order valence-electron chi connectivity index (χ4n) is 1.04.